The maximum Gasteiger partial charge on any atom is 0.254 e. The van der Waals surface area contributed by atoms with Gasteiger partial charge < -0.3 is 16.2 Å². The highest BCUT2D eigenvalue weighted by Crippen LogP contribution is 2.87. The van der Waals surface area contributed by atoms with E-state index in [1.165, 1.54) is 6.42 Å². The minimum absolute atomic E-state index is 0.161. The van der Waals surface area contributed by atoms with Crippen molar-refractivity contribution in [1.29, 1.82) is 0 Å². The van der Waals surface area contributed by atoms with Crippen molar-refractivity contribution < 1.29 is 9.90 Å². The molecule has 7 rings (SSSR count). The average molecular weight is 218 g/mol. The van der Waals surface area contributed by atoms with Crippen LogP contribution in [0.2, 0.25) is 0 Å². The largest absolute Gasteiger partial charge is 0.379 e. The Hall–Kier alpha value is -0.610. The molecule has 7 fully saturated rings. The van der Waals surface area contributed by atoms with Gasteiger partial charge in [-0.3, -0.25) is 4.79 Å². The molecule has 0 unspecified atom stereocenters. The zero-order chi connectivity index (χ0) is 10.6. The van der Waals surface area contributed by atoms with Gasteiger partial charge >= 0.3 is 0 Å². The van der Waals surface area contributed by atoms with E-state index >= 15 is 0 Å². The second-order valence-electron chi connectivity index (χ2n) is 7.03. The van der Waals surface area contributed by atoms with Gasteiger partial charge in [0, 0.05) is 23.7 Å². The summed E-state index contributed by atoms with van der Waals surface area (Å²) < 4.78 is 0. The van der Waals surface area contributed by atoms with Crippen molar-refractivity contribution in [1.82, 2.24) is 5.32 Å². The molecule has 10 atom stereocenters. The third-order valence-corrected chi connectivity index (χ3v) is 7.32. The van der Waals surface area contributed by atoms with Gasteiger partial charge in [0.1, 0.15) is 5.60 Å². The van der Waals surface area contributed by atoms with Crippen LogP contribution >= 0.6 is 0 Å². The van der Waals surface area contributed by atoms with Gasteiger partial charge in [0.2, 0.25) is 0 Å². The highest BCUT2D eigenvalue weighted by atomic mass is 16.3. The van der Waals surface area contributed by atoms with Crippen LogP contribution in [0.25, 0.3) is 0 Å². The minimum atomic E-state index is -1.03. The molecule has 2 aliphatic heterocycles. The van der Waals surface area contributed by atoms with Crippen LogP contribution in [0.1, 0.15) is 6.42 Å². The van der Waals surface area contributed by atoms with Crippen molar-refractivity contribution in [3.05, 3.63) is 0 Å². The summed E-state index contributed by atoms with van der Waals surface area (Å²) in [5.74, 6) is 3.70. The van der Waals surface area contributed by atoms with Crippen molar-refractivity contribution in [2.24, 2.45) is 53.1 Å². The monoisotopic (exact) mass is 218 g/mol. The van der Waals surface area contributed by atoms with E-state index in [0.29, 0.717) is 29.6 Å². The predicted octanol–water partition coefficient (Wildman–Crippen LogP) is -1.11. The topological polar surface area (TPSA) is 75.3 Å². The molecule has 7 aliphatic rings. The first-order chi connectivity index (χ1) is 7.60. The lowest BCUT2D eigenvalue weighted by Gasteiger charge is -2.62. The standard InChI is InChI=1S/C12H14N2O2/c13-12-7-3-1-2-4-5(3)9(12)8(4)11(16,6(2)7)10(15)14-12/h2-9,16H,1,13H2,(H,14,15)/t2-,3+,4+,5-,6+,7-,8+,9-,11+,12+/m0/s1. The van der Waals surface area contributed by atoms with Crippen LogP contribution in [0.5, 0.6) is 0 Å². The quantitative estimate of drug-likeness (QED) is 0.482. The Labute approximate surface area is 92.6 Å². The van der Waals surface area contributed by atoms with Gasteiger partial charge in [-0.05, 0) is 30.1 Å². The lowest BCUT2D eigenvalue weighted by molar-refractivity contribution is -0.207. The number of nitrogens with two attached hydrogens (primary N) is 1. The lowest BCUT2D eigenvalue weighted by atomic mass is 9.50. The number of carbonyl (C=O) groups excluding carboxylic acids is 1. The van der Waals surface area contributed by atoms with E-state index in [1.54, 1.807) is 0 Å². The summed E-state index contributed by atoms with van der Waals surface area (Å²) in [6, 6.07) is 0. The fraction of sp³-hybridized carbons (Fsp3) is 0.917. The SMILES string of the molecule is N[C@]12NC(=O)[C@@]3(O)[C@@H]4[C@H]5C[C@H]([C@H]6[C@@H]5[C@@H]3[C@H]61)[C@@H]42. The van der Waals surface area contributed by atoms with E-state index in [-0.39, 0.29) is 17.7 Å². The van der Waals surface area contributed by atoms with Crippen LogP contribution in [0.15, 0.2) is 0 Å². The summed E-state index contributed by atoms with van der Waals surface area (Å²) in [6.07, 6.45) is 1.23. The van der Waals surface area contributed by atoms with Crippen molar-refractivity contribution in [3.63, 3.8) is 0 Å². The zero-order valence-electron chi connectivity index (χ0n) is 8.76. The fourth-order valence-corrected chi connectivity index (χ4v) is 7.49. The van der Waals surface area contributed by atoms with Crippen LogP contribution in [0.3, 0.4) is 0 Å². The lowest BCUT2D eigenvalue weighted by Crippen LogP contribution is -2.83. The molecule has 4 N–H and O–H groups in total. The maximum absolute atomic E-state index is 12.1. The Morgan fingerprint density at radius 2 is 1.88 bits per heavy atom. The molecule has 0 aromatic rings. The van der Waals surface area contributed by atoms with Gasteiger partial charge in [-0.25, -0.2) is 0 Å². The molecule has 0 aromatic heterocycles. The molecule has 2 heterocycles. The average Bonchev–Trinajstić information content (AvgIpc) is 2.66. The van der Waals surface area contributed by atoms with Gasteiger partial charge in [-0.1, -0.05) is 0 Å². The Morgan fingerprint density at radius 3 is 2.69 bits per heavy atom. The van der Waals surface area contributed by atoms with Crippen molar-refractivity contribution in [2.75, 3.05) is 0 Å². The van der Waals surface area contributed by atoms with E-state index in [0.717, 1.165) is 5.92 Å². The Balaban J connectivity index is 1.78. The first-order valence-electron chi connectivity index (χ1n) is 6.44. The molecule has 5 saturated carbocycles. The Bertz CT molecular complexity index is 493. The summed E-state index contributed by atoms with van der Waals surface area (Å²) in [7, 11) is 0. The second kappa shape index (κ2) is 1.58. The number of fused-ring (bicyclic) bond motifs is 1. The van der Waals surface area contributed by atoms with Gasteiger partial charge in [0.25, 0.3) is 5.91 Å². The predicted molar refractivity (Wildman–Crippen MR) is 52.5 cm³/mol. The fourth-order valence-electron chi connectivity index (χ4n) is 7.49. The third-order valence-electron chi connectivity index (χ3n) is 7.32. The number of nitrogens with one attached hydrogen (secondary N) is 1. The highest BCUT2D eigenvalue weighted by Gasteiger charge is 2.94. The van der Waals surface area contributed by atoms with Gasteiger partial charge in [-0.15, -0.1) is 0 Å². The summed E-state index contributed by atoms with van der Waals surface area (Å²) in [5.41, 5.74) is 5.02. The van der Waals surface area contributed by atoms with E-state index in [2.05, 4.69) is 5.32 Å². The summed E-state index contributed by atoms with van der Waals surface area (Å²) in [5, 5.41) is 13.8. The number of carbonyl (C=O) groups is 1. The van der Waals surface area contributed by atoms with Crippen LogP contribution in [-0.4, -0.2) is 22.3 Å². The van der Waals surface area contributed by atoms with Crippen LogP contribution in [0, 0.1) is 47.3 Å². The second-order valence-corrected chi connectivity index (χ2v) is 7.03. The molecular formula is C12H14N2O2. The third kappa shape index (κ3) is 0.371. The number of rotatable bonds is 0. The van der Waals surface area contributed by atoms with Crippen molar-refractivity contribution in [3.8, 4) is 0 Å². The van der Waals surface area contributed by atoms with Gasteiger partial charge in [0.05, 0.1) is 5.66 Å². The van der Waals surface area contributed by atoms with Crippen molar-refractivity contribution in [2.45, 2.75) is 17.7 Å². The van der Waals surface area contributed by atoms with E-state index in [9.17, 15) is 9.90 Å². The van der Waals surface area contributed by atoms with Crippen molar-refractivity contribution >= 4 is 5.91 Å². The molecule has 0 radical (unpaired) electrons. The number of amides is 1. The van der Waals surface area contributed by atoms with Gasteiger partial charge in [0.15, 0.2) is 0 Å². The highest BCUT2D eigenvalue weighted by molar-refractivity contribution is 5.91. The smallest absolute Gasteiger partial charge is 0.254 e. The van der Waals surface area contributed by atoms with Crippen LogP contribution in [0.4, 0.5) is 0 Å². The molecule has 0 aromatic carbocycles. The molecule has 4 heteroatoms. The first-order valence-corrected chi connectivity index (χ1v) is 6.44. The molecule has 2 saturated heterocycles. The molecule has 0 spiro atoms. The minimum Gasteiger partial charge on any atom is -0.379 e. The summed E-state index contributed by atoms with van der Waals surface area (Å²) in [4.78, 5) is 12.1. The molecular weight excluding hydrogens is 204 g/mol. The Morgan fingerprint density at radius 1 is 1.19 bits per heavy atom. The summed E-state index contributed by atoms with van der Waals surface area (Å²) >= 11 is 0. The normalized spacial score (nSPS) is 83.2. The maximum atomic E-state index is 12.1. The number of aliphatic hydroxyl groups is 1. The molecule has 84 valence electrons. The number of piperidine rings is 2. The number of hydrogen-bond donors (Lipinski definition) is 3. The molecule has 1 amide bonds. The molecule has 4 bridgehead atoms. The van der Waals surface area contributed by atoms with E-state index < -0.39 is 11.3 Å². The van der Waals surface area contributed by atoms with E-state index in [4.69, 9.17) is 5.73 Å². The molecule has 16 heavy (non-hydrogen) atoms. The summed E-state index contributed by atoms with van der Waals surface area (Å²) in [6.45, 7) is 0. The van der Waals surface area contributed by atoms with Gasteiger partial charge in [-0.2, -0.15) is 0 Å². The number of hydrogen-bond acceptors (Lipinski definition) is 3. The molecule has 4 nitrogen and oxygen atoms in total. The van der Waals surface area contributed by atoms with E-state index in [1.807, 2.05) is 0 Å². The molecule has 5 aliphatic carbocycles. The Kier molecular flexibility index (Phi) is 0.758. The van der Waals surface area contributed by atoms with Crippen LogP contribution in [-0.2, 0) is 4.79 Å². The van der Waals surface area contributed by atoms with Crippen LogP contribution < -0.4 is 11.1 Å². The zero-order valence-corrected chi connectivity index (χ0v) is 8.76. The first kappa shape index (κ1) is 7.67.